The third-order valence-electron chi connectivity index (χ3n) is 12.5. The number of aromatic amines is 1. The van der Waals surface area contributed by atoms with Gasteiger partial charge in [0.1, 0.15) is 0 Å². The molecule has 2 aromatic heterocycles. The first-order valence-corrected chi connectivity index (χ1v) is 21.0. The molecule has 2 heteroatoms. The van der Waals surface area contributed by atoms with Gasteiger partial charge >= 0.3 is 0 Å². The van der Waals surface area contributed by atoms with Crippen molar-refractivity contribution >= 4 is 54.1 Å². The van der Waals surface area contributed by atoms with Crippen LogP contribution in [0, 0.1) is 0 Å². The predicted octanol–water partition coefficient (Wildman–Crippen LogP) is 16.2. The second-order valence-electron chi connectivity index (χ2n) is 15.8. The summed E-state index contributed by atoms with van der Waals surface area (Å²) in [7, 11) is 0. The van der Waals surface area contributed by atoms with Gasteiger partial charge in [-0.25, -0.2) is 0 Å². The maximum absolute atomic E-state index is 5.42. The lowest BCUT2D eigenvalue weighted by atomic mass is 9.81. The van der Waals surface area contributed by atoms with Crippen molar-refractivity contribution in [3.63, 3.8) is 0 Å². The number of rotatable bonds is 6. The van der Waals surface area contributed by atoms with Crippen molar-refractivity contribution in [2.24, 2.45) is 0 Å². The van der Waals surface area contributed by atoms with E-state index in [0.29, 0.717) is 0 Å². The molecule has 0 saturated carbocycles. The molecule has 0 aliphatic carbocycles. The van der Waals surface area contributed by atoms with Crippen LogP contribution in [0.2, 0.25) is 0 Å². The predicted molar refractivity (Wildman–Crippen MR) is 259 cm³/mol. The van der Waals surface area contributed by atoms with Crippen LogP contribution in [0.25, 0.3) is 121 Å². The fourth-order valence-corrected chi connectivity index (χ4v) is 9.89. The molecule has 0 aliphatic heterocycles. The number of nitrogens with zero attached hydrogens (tertiary/aromatic N) is 1. The van der Waals surface area contributed by atoms with Crippen LogP contribution >= 0.6 is 0 Å². The summed E-state index contributed by atoms with van der Waals surface area (Å²) >= 11 is 0. The zero-order valence-corrected chi connectivity index (χ0v) is 33.3. The quantitative estimate of drug-likeness (QED) is 0.168. The van der Waals surface area contributed by atoms with Crippen molar-refractivity contribution in [2.75, 3.05) is 0 Å². The molecule has 284 valence electrons. The molecule has 0 unspecified atom stereocenters. The van der Waals surface area contributed by atoms with Crippen molar-refractivity contribution in [2.45, 2.75) is 0 Å². The third kappa shape index (κ3) is 5.61. The van der Waals surface area contributed by atoms with Crippen molar-refractivity contribution < 1.29 is 0 Å². The van der Waals surface area contributed by atoms with Crippen LogP contribution in [0.4, 0.5) is 0 Å². The summed E-state index contributed by atoms with van der Waals surface area (Å²) in [6.07, 6.45) is 1.95. The van der Waals surface area contributed by atoms with Crippen molar-refractivity contribution in [3.05, 3.63) is 225 Å². The Morgan fingerprint density at radius 1 is 0.295 bits per heavy atom. The van der Waals surface area contributed by atoms with Crippen LogP contribution in [0.3, 0.4) is 0 Å². The van der Waals surface area contributed by atoms with E-state index >= 15 is 0 Å². The van der Waals surface area contributed by atoms with E-state index in [9.17, 15) is 0 Å². The number of pyridine rings is 1. The first kappa shape index (κ1) is 34.9. The molecule has 2 nitrogen and oxygen atoms in total. The third-order valence-corrected chi connectivity index (χ3v) is 12.5. The van der Waals surface area contributed by atoms with E-state index in [1.807, 2.05) is 6.20 Å². The van der Waals surface area contributed by atoms with E-state index in [1.165, 1.54) is 65.3 Å². The van der Waals surface area contributed by atoms with E-state index in [0.717, 1.165) is 55.7 Å². The van der Waals surface area contributed by atoms with Crippen molar-refractivity contribution in [1.29, 1.82) is 0 Å². The second kappa shape index (κ2) is 14.3. The summed E-state index contributed by atoms with van der Waals surface area (Å²) in [5.41, 5.74) is 15.7. The summed E-state index contributed by atoms with van der Waals surface area (Å²) < 4.78 is 0. The Kier molecular flexibility index (Phi) is 8.21. The molecule has 0 aliphatic rings. The lowest BCUT2D eigenvalue weighted by molar-refractivity contribution is 1.33. The highest BCUT2D eigenvalue weighted by molar-refractivity contribution is 6.29. The molecule has 2 heterocycles. The highest BCUT2D eigenvalue weighted by Crippen LogP contribution is 2.51. The van der Waals surface area contributed by atoms with Gasteiger partial charge in [0, 0.05) is 39.2 Å². The van der Waals surface area contributed by atoms with Gasteiger partial charge in [-0.3, -0.25) is 4.98 Å². The molecule has 0 atom stereocenters. The summed E-state index contributed by atoms with van der Waals surface area (Å²) in [4.78, 5) is 9.35. The maximum Gasteiger partial charge on any atom is 0.0787 e. The number of hydrogen-bond donors (Lipinski definition) is 1. The van der Waals surface area contributed by atoms with Crippen LogP contribution in [0.5, 0.6) is 0 Å². The Bertz CT molecular complexity index is 3580. The van der Waals surface area contributed by atoms with Gasteiger partial charge in [0.2, 0.25) is 0 Å². The largest absolute Gasteiger partial charge is 0.354 e. The average Bonchev–Trinajstić information content (AvgIpc) is 3.72. The number of hydrogen-bond acceptors (Lipinski definition) is 1. The minimum absolute atomic E-state index is 0.930. The Morgan fingerprint density at radius 2 is 0.787 bits per heavy atom. The Labute approximate surface area is 354 Å². The Hall–Kier alpha value is -8.07. The fraction of sp³-hybridized carbons (Fsp3) is 0. The van der Waals surface area contributed by atoms with Crippen LogP contribution in [0.1, 0.15) is 0 Å². The number of para-hydroxylation sites is 1. The van der Waals surface area contributed by atoms with E-state index in [4.69, 9.17) is 4.98 Å². The zero-order valence-electron chi connectivity index (χ0n) is 33.3. The molecule has 0 radical (unpaired) electrons. The van der Waals surface area contributed by atoms with Crippen molar-refractivity contribution in [3.8, 4) is 66.9 Å². The molecule has 0 spiro atoms. The summed E-state index contributed by atoms with van der Waals surface area (Å²) in [5.74, 6) is 0. The first-order valence-electron chi connectivity index (χ1n) is 21.0. The fourth-order valence-electron chi connectivity index (χ4n) is 9.89. The number of benzene rings is 10. The van der Waals surface area contributed by atoms with Crippen LogP contribution < -0.4 is 0 Å². The maximum atomic E-state index is 5.42. The van der Waals surface area contributed by atoms with Crippen LogP contribution in [0.15, 0.2) is 225 Å². The Morgan fingerprint density at radius 3 is 1.48 bits per heavy atom. The number of aromatic nitrogens is 2. The highest BCUT2D eigenvalue weighted by atomic mass is 14.7. The lowest BCUT2D eigenvalue weighted by Crippen LogP contribution is -1.98. The molecular formula is C59H38N2. The average molecular weight is 775 g/mol. The number of nitrogens with one attached hydrogen (secondary N) is 1. The van der Waals surface area contributed by atoms with Crippen molar-refractivity contribution in [1.82, 2.24) is 9.97 Å². The number of fused-ring (bicyclic) bond motifs is 9. The molecule has 12 aromatic rings. The van der Waals surface area contributed by atoms with Crippen LogP contribution in [-0.4, -0.2) is 9.97 Å². The first-order chi connectivity index (χ1) is 30.3. The van der Waals surface area contributed by atoms with Gasteiger partial charge in [-0.05, 0) is 95.0 Å². The van der Waals surface area contributed by atoms with E-state index in [-0.39, 0.29) is 0 Å². The van der Waals surface area contributed by atoms with Crippen LogP contribution in [-0.2, 0) is 0 Å². The second-order valence-corrected chi connectivity index (χ2v) is 15.8. The molecule has 1 N–H and O–H groups in total. The van der Waals surface area contributed by atoms with Gasteiger partial charge in [-0.15, -0.1) is 0 Å². The molecular weight excluding hydrogens is 737 g/mol. The molecule has 12 rings (SSSR count). The molecule has 10 aromatic carbocycles. The minimum Gasteiger partial charge on any atom is -0.354 e. The highest BCUT2D eigenvalue weighted by Gasteiger charge is 2.26. The topological polar surface area (TPSA) is 28.7 Å². The zero-order chi connectivity index (χ0) is 40.3. The monoisotopic (exact) mass is 774 g/mol. The molecule has 0 bridgehead atoms. The summed E-state index contributed by atoms with van der Waals surface area (Å²) in [6, 6.07) is 79.2. The van der Waals surface area contributed by atoms with Gasteiger partial charge in [-0.1, -0.05) is 200 Å². The summed E-state index contributed by atoms with van der Waals surface area (Å²) in [6.45, 7) is 0. The molecule has 0 amide bonds. The summed E-state index contributed by atoms with van der Waals surface area (Å²) in [5, 5.41) is 9.87. The number of H-pyrrole nitrogens is 1. The lowest BCUT2D eigenvalue weighted by Gasteiger charge is -2.22. The normalized spacial score (nSPS) is 11.6. The smallest absolute Gasteiger partial charge is 0.0787 e. The molecule has 61 heavy (non-hydrogen) atoms. The minimum atomic E-state index is 0.930. The molecule has 0 saturated heterocycles. The van der Waals surface area contributed by atoms with E-state index in [1.54, 1.807) is 0 Å². The van der Waals surface area contributed by atoms with E-state index in [2.05, 4.69) is 223 Å². The molecule has 0 fully saturated rings. The standard InChI is InChI=1S/C59H38N2/c1-4-19-38(20-5-1)41-30-16-33-49(55(41)48-32-17-31-47-44-26-11-10-25-42(44)43-27-12-13-29-46(43)56(47)48)58-50(34-18-36-60-58)57-54(40-23-8-3-9-24-40)51(39-21-6-2-7-22-39)37-52-45-28-14-15-35-53(45)61-59(52)57/h1-37,61H. The van der Waals surface area contributed by atoms with Gasteiger partial charge in [0.25, 0.3) is 0 Å². The Balaban J connectivity index is 1.25. The van der Waals surface area contributed by atoms with E-state index < -0.39 is 0 Å². The SMILES string of the molecule is c1ccc(-c2cccc(-c3ncccc3-c3c(-c4ccccc4)c(-c4ccccc4)cc4c3[nH]c3ccccc34)c2-c2cccc3c4ccccc4c4ccccc4c23)cc1. The van der Waals surface area contributed by atoms with Gasteiger partial charge < -0.3 is 4.98 Å². The van der Waals surface area contributed by atoms with Gasteiger partial charge in [0.15, 0.2) is 0 Å². The van der Waals surface area contributed by atoms with Gasteiger partial charge in [0.05, 0.1) is 11.2 Å². The van der Waals surface area contributed by atoms with Gasteiger partial charge in [-0.2, -0.15) is 0 Å².